The zero-order chi connectivity index (χ0) is 9.56. The van der Waals surface area contributed by atoms with Crippen molar-refractivity contribution in [2.24, 2.45) is 5.73 Å². The van der Waals surface area contributed by atoms with Gasteiger partial charge in [-0.25, -0.2) is 0 Å². The number of hydrogen-bond donors (Lipinski definition) is 2. The molecule has 0 fully saturated rings. The third-order valence-corrected chi connectivity index (χ3v) is 1.69. The molecule has 0 aliphatic heterocycles. The van der Waals surface area contributed by atoms with Gasteiger partial charge in [0.05, 0.1) is 0 Å². The summed E-state index contributed by atoms with van der Waals surface area (Å²) in [6, 6.07) is -0.688. The Morgan fingerprint density at radius 3 is 2.07 bits per heavy atom. The normalized spacial score (nSPS) is 10.7. The quantitative estimate of drug-likeness (QED) is 0.723. The second kappa shape index (κ2) is 14.3. The summed E-state index contributed by atoms with van der Waals surface area (Å²) in [5.41, 5.74) is 5.32. The second-order valence-corrected chi connectivity index (χ2v) is 3.24. The Kier molecular flexibility index (Phi) is 23.3. The van der Waals surface area contributed by atoms with Crippen molar-refractivity contribution in [3.63, 3.8) is 0 Å². The number of rotatable bonds is 6. The lowest BCUT2D eigenvalue weighted by Crippen LogP contribution is -2.30. The van der Waals surface area contributed by atoms with Crippen LogP contribution in [0.5, 0.6) is 0 Å². The van der Waals surface area contributed by atoms with Gasteiger partial charge < -0.3 is 15.7 Å². The minimum absolute atomic E-state index is 0. The summed E-state index contributed by atoms with van der Waals surface area (Å²) in [5, 5.41) is 8.46. The van der Waals surface area contributed by atoms with Crippen molar-refractivity contribution in [1.29, 1.82) is 0 Å². The van der Waals surface area contributed by atoms with Crippen molar-refractivity contribution < 1.29 is 9.90 Å². The standard InChI is InChI=1S/C8H18N2O2.3ClH/c1-10(2)6-4-3-5-7(9)8(11)12;;;/h7H,3-6,9H2,1-2H3,(H,11,12);3*1H/t7-;;;/m0.../s1. The molecule has 0 spiro atoms. The highest BCUT2D eigenvalue weighted by molar-refractivity contribution is 5.86. The Morgan fingerprint density at radius 2 is 1.73 bits per heavy atom. The summed E-state index contributed by atoms with van der Waals surface area (Å²) in [6.07, 6.45) is 2.46. The first-order valence-electron chi connectivity index (χ1n) is 4.17. The molecule has 7 heteroatoms. The summed E-state index contributed by atoms with van der Waals surface area (Å²) in [6.45, 7) is 0.992. The molecule has 0 aliphatic rings. The van der Waals surface area contributed by atoms with E-state index in [1.165, 1.54) is 0 Å². The summed E-state index contributed by atoms with van der Waals surface area (Å²) < 4.78 is 0. The van der Waals surface area contributed by atoms with E-state index in [1.807, 2.05) is 14.1 Å². The van der Waals surface area contributed by atoms with Gasteiger partial charge in [-0.2, -0.15) is 0 Å². The molecule has 4 nitrogen and oxygen atoms in total. The number of aliphatic carboxylic acids is 1. The van der Waals surface area contributed by atoms with E-state index in [0.29, 0.717) is 6.42 Å². The molecule has 3 N–H and O–H groups in total. The van der Waals surface area contributed by atoms with Crippen LogP contribution in [0.25, 0.3) is 0 Å². The van der Waals surface area contributed by atoms with Crippen LogP contribution in [0.3, 0.4) is 0 Å². The highest BCUT2D eigenvalue weighted by atomic mass is 35.5. The predicted octanol–water partition coefficient (Wildman–Crippen LogP) is 1.40. The van der Waals surface area contributed by atoms with Gasteiger partial charge in [-0.3, -0.25) is 4.79 Å². The van der Waals surface area contributed by atoms with Crippen molar-refractivity contribution in [3.05, 3.63) is 0 Å². The van der Waals surface area contributed by atoms with E-state index in [0.717, 1.165) is 19.4 Å². The number of halogens is 3. The number of nitrogens with two attached hydrogens (primary N) is 1. The minimum atomic E-state index is -0.903. The third-order valence-electron chi connectivity index (χ3n) is 1.69. The lowest BCUT2D eigenvalue weighted by atomic mass is 10.1. The summed E-state index contributed by atoms with van der Waals surface area (Å²) >= 11 is 0. The first kappa shape index (κ1) is 24.5. The van der Waals surface area contributed by atoms with E-state index in [-0.39, 0.29) is 37.2 Å². The number of carbonyl (C=O) groups is 1. The van der Waals surface area contributed by atoms with Gasteiger partial charge in [-0.1, -0.05) is 6.42 Å². The van der Waals surface area contributed by atoms with Gasteiger partial charge >= 0.3 is 5.97 Å². The maximum atomic E-state index is 10.3. The summed E-state index contributed by atoms with van der Waals surface area (Å²) in [5.74, 6) is -0.903. The third kappa shape index (κ3) is 16.9. The van der Waals surface area contributed by atoms with Crippen LogP contribution in [0.4, 0.5) is 0 Å². The maximum Gasteiger partial charge on any atom is 0.320 e. The zero-order valence-electron chi connectivity index (χ0n) is 9.01. The fourth-order valence-corrected chi connectivity index (χ4v) is 0.916. The fraction of sp³-hybridized carbons (Fsp3) is 0.875. The molecule has 0 rings (SSSR count). The number of hydrogen-bond acceptors (Lipinski definition) is 3. The lowest BCUT2D eigenvalue weighted by molar-refractivity contribution is -0.138. The van der Waals surface area contributed by atoms with Crippen molar-refractivity contribution in [2.75, 3.05) is 20.6 Å². The van der Waals surface area contributed by atoms with Gasteiger partial charge in [0.1, 0.15) is 6.04 Å². The van der Waals surface area contributed by atoms with E-state index in [9.17, 15) is 4.79 Å². The van der Waals surface area contributed by atoms with Crippen LogP contribution in [0, 0.1) is 0 Å². The molecule has 0 aliphatic carbocycles. The van der Waals surface area contributed by atoms with Gasteiger partial charge in [-0.05, 0) is 33.5 Å². The molecular formula is C8H21Cl3N2O2. The molecule has 96 valence electrons. The monoisotopic (exact) mass is 282 g/mol. The Hall–Kier alpha value is 0.260. The van der Waals surface area contributed by atoms with Gasteiger partial charge in [0.25, 0.3) is 0 Å². The van der Waals surface area contributed by atoms with Crippen molar-refractivity contribution in [1.82, 2.24) is 4.90 Å². The number of unbranched alkanes of at least 4 members (excludes halogenated alkanes) is 1. The van der Waals surface area contributed by atoms with E-state index in [2.05, 4.69) is 4.90 Å². The van der Waals surface area contributed by atoms with Crippen molar-refractivity contribution in [2.45, 2.75) is 25.3 Å². The summed E-state index contributed by atoms with van der Waals surface area (Å²) in [4.78, 5) is 12.4. The van der Waals surface area contributed by atoms with E-state index in [4.69, 9.17) is 10.8 Å². The van der Waals surface area contributed by atoms with Crippen LogP contribution in [-0.2, 0) is 4.79 Å². The molecule has 1 atom stereocenters. The number of carboxylic acids is 1. The van der Waals surface area contributed by atoms with Crippen LogP contribution in [0.15, 0.2) is 0 Å². The SMILES string of the molecule is CN(C)CCCC[C@H](N)C(=O)O.Cl.Cl.Cl. The highest BCUT2D eigenvalue weighted by Crippen LogP contribution is 1.99. The predicted molar refractivity (Wildman–Crippen MR) is 69.8 cm³/mol. The molecule has 0 heterocycles. The molecule has 0 saturated heterocycles. The van der Waals surface area contributed by atoms with Gasteiger partial charge in [-0.15, -0.1) is 37.2 Å². The molecule has 0 aromatic carbocycles. The summed E-state index contributed by atoms with van der Waals surface area (Å²) in [7, 11) is 3.99. The fourth-order valence-electron chi connectivity index (χ4n) is 0.916. The van der Waals surface area contributed by atoms with Gasteiger partial charge in [0.2, 0.25) is 0 Å². The van der Waals surface area contributed by atoms with Crippen molar-refractivity contribution >= 4 is 43.2 Å². The second-order valence-electron chi connectivity index (χ2n) is 3.24. The first-order chi connectivity index (χ1) is 5.54. The molecule has 0 unspecified atom stereocenters. The number of nitrogens with zero attached hydrogens (tertiary/aromatic N) is 1. The van der Waals surface area contributed by atoms with Crippen LogP contribution in [0.1, 0.15) is 19.3 Å². The average Bonchev–Trinajstić information content (AvgIpc) is 1.97. The molecule has 15 heavy (non-hydrogen) atoms. The molecular weight excluding hydrogens is 262 g/mol. The minimum Gasteiger partial charge on any atom is -0.480 e. The van der Waals surface area contributed by atoms with Crippen LogP contribution >= 0.6 is 37.2 Å². The van der Waals surface area contributed by atoms with E-state index in [1.54, 1.807) is 0 Å². The Bertz CT molecular complexity index is 148. The molecule has 0 aromatic rings. The lowest BCUT2D eigenvalue weighted by Gasteiger charge is -2.09. The Morgan fingerprint density at radius 1 is 1.27 bits per heavy atom. The maximum absolute atomic E-state index is 10.3. The highest BCUT2D eigenvalue weighted by Gasteiger charge is 2.09. The van der Waals surface area contributed by atoms with Gasteiger partial charge in [0, 0.05) is 0 Å². The smallest absolute Gasteiger partial charge is 0.320 e. The Labute approximate surface area is 110 Å². The first-order valence-corrected chi connectivity index (χ1v) is 4.17. The molecule has 0 saturated carbocycles. The van der Waals surface area contributed by atoms with Crippen molar-refractivity contribution in [3.8, 4) is 0 Å². The Balaban J connectivity index is -0.000000202. The van der Waals surface area contributed by atoms with E-state index >= 15 is 0 Å². The molecule has 0 aromatic heterocycles. The molecule has 0 bridgehead atoms. The largest absolute Gasteiger partial charge is 0.480 e. The average molecular weight is 284 g/mol. The van der Waals surface area contributed by atoms with Crippen LogP contribution < -0.4 is 5.73 Å². The topological polar surface area (TPSA) is 66.6 Å². The van der Waals surface area contributed by atoms with Gasteiger partial charge in [0.15, 0.2) is 0 Å². The molecule has 0 radical (unpaired) electrons. The van der Waals surface area contributed by atoms with Crippen LogP contribution in [-0.4, -0.2) is 42.7 Å². The number of carboxylic acid groups (broad SMARTS) is 1. The van der Waals surface area contributed by atoms with E-state index < -0.39 is 12.0 Å². The zero-order valence-corrected chi connectivity index (χ0v) is 11.5. The van der Waals surface area contributed by atoms with Crippen LogP contribution in [0.2, 0.25) is 0 Å². The molecule has 0 amide bonds.